The number of nitrogens with two attached hydrogens (primary N) is 2. The van der Waals surface area contributed by atoms with E-state index in [4.69, 9.17) is 21.7 Å². The molecule has 6 heteroatoms. The van der Waals surface area contributed by atoms with Crippen molar-refractivity contribution in [1.29, 1.82) is 0 Å². The molecule has 0 amide bonds. The second kappa shape index (κ2) is 10.0. The maximum absolute atomic E-state index is 10.1. The lowest BCUT2D eigenvalue weighted by molar-refractivity contribution is -0.139. The van der Waals surface area contributed by atoms with Crippen molar-refractivity contribution in [3.05, 3.63) is 0 Å². The van der Waals surface area contributed by atoms with Crippen LogP contribution in [0.5, 0.6) is 0 Å². The standard InChI is InChI=1S/C6H13NO2.C5H11NO2/c1-4(2)3-5(7)6(8)9;1-2-3-4(6)5(7)8/h4-5H,3,7H2,1-2H3,(H,8,9);4H,2-3,6H2,1H3,(H,7,8). The van der Waals surface area contributed by atoms with E-state index in [9.17, 15) is 9.59 Å². The summed E-state index contributed by atoms with van der Waals surface area (Å²) < 4.78 is 0. The van der Waals surface area contributed by atoms with Crippen molar-refractivity contribution < 1.29 is 19.8 Å². The van der Waals surface area contributed by atoms with Gasteiger partial charge in [0.15, 0.2) is 0 Å². The van der Waals surface area contributed by atoms with Crippen LogP contribution in [0, 0.1) is 5.92 Å². The van der Waals surface area contributed by atoms with E-state index in [0.29, 0.717) is 18.8 Å². The number of rotatable bonds is 6. The molecule has 6 nitrogen and oxygen atoms in total. The topological polar surface area (TPSA) is 127 Å². The molecule has 0 aliphatic carbocycles. The molecule has 0 aliphatic rings. The monoisotopic (exact) mass is 248 g/mol. The normalized spacial score (nSPS) is 13.5. The van der Waals surface area contributed by atoms with Crippen LogP contribution in [-0.4, -0.2) is 34.2 Å². The first-order valence-corrected chi connectivity index (χ1v) is 5.69. The Bertz CT molecular complexity index is 232. The molecule has 0 spiro atoms. The lowest BCUT2D eigenvalue weighted by Crippen LogP contribution is -2.31. The molecule has 102 valence electrons. The third kappa shape index (κ3) is 12.8. The SMILES string of the molecule is CC(C)CC(N)C(=O)O.CCCC(N)C(=O)O. The summed E-state index contributed by atoms with van der Waals surface area (Å²) in [7, 11) is 0. The Morgan fingerprint density at radius 2 is 1.47 bits per heavy atom. The van der Waals surface area contributed by atoms with Crippen molar-refractivity contribution in [3.8, 4) is 0 Å². The van der Waals surface area contributed by atoms with Crippen LogP contribution in [0.4, 0.5) is 0 Å². The van der Waals surface area contributed by atoms with Gasteiger partial charge in [-0.2, -0.15) is 0 Å². The molecule has 0 aromatic carbocycles. The summed E-state index contributed by atoms with van der Waals surface area (Å²) >= 11 is 0. The van der Waals surface area contributed by atoms with Crippen molar-refractivity contribution in [3.63, 3.8) is 0 Å². The number of hydrogen-bond acceptors (Lipinski definition) is 4. The van der Waals surface area contributed by atoms with Gasteiger partial charge in [-0.15, -0.1) is 0 Å². The Labute approximate surface area is 102 Å². The maximum atomic E-state index is 10.1. The van der Waals surface area contributed by atoms with Crippen LogP contribution < -0.4 is 11.5 Å². The summed E-state index contributed by atoms with van der Waals surface area (Å²) in [6.45, 7) is 5.80. The van der Waals surface area contributed by atoms with Gasteiger partial charge in [0.2, 0.25) is 0 Å². The first-order valence-electron chi connectivity index (χ1n) is 5.69. The fourth-order valence-electron chi connectivity index (χ4n) is 1.04. The van der Waals surface area contributed by atoms with Gasteiger partial charge in [-0.25, -0.2) is 0 Å². The van der Waals surface area contributed by atoms with Crippen molar-refractivity contribution in [1.82, 2.24) is 0 Å². The van der Waals surface area contributed by atoms with Gasteiger partial charge in [0.1, 0.15) is 12.1 Å². The summed E-state index contributed by atoms with van der Waals surface area (Å²) in [5.74, 6) is -1.47. The summed E-state index contributed by atoms with van der Waals surface area (Å²) in [4.78, 5) is 20.1. The van der Waals surface area contributed by atoms with Gasteiger partial charge < -0.3 is 21.7 Å². The highest BCUT2D eigenvalue weighted by atomic mass is 16.4. The Kier molecular flexibility index (Phi) is 10.8. The molecule has 0 aromatic heterocycles. The zero-order chi connectivity index (χ0) is 14.0. The Hall–Kier alpha value is -1.14. The predicted octanol–water partition coefficient (Wildman–Crippen LogP) is 0.643. The third-order valence-corrected chi connectivity index (χ3v) is 1.96. The molecule has 0 saturated carbocycles. The minimum Gasteiger partial charge on any atom is -0.480 e. The quantitative estimate of drug-likeness (QED) is 0.546. The first-order chi connectivity index (χ1) is 7.72. The average Bonchev–Trinajstić information content (AvgIpc) is 2.17. The second-order valence-electron chi connectivity index (χ2n) is 4.31. The van der Waals surface area contributed by atoms with Gasteiger partial charge in [-0.3, -0.25) is 9.59 Å². The smallest absolute Gasteiger partial charge is 0.320 e. The zero-order valence-electron chi connectivity index (χ0n) is 10.7. The van der Waals surface area contributed by atoms with Crippen molar-refractivity contribution in [2.45, 2.75) is 52.1 Å². The van der Waals surface area contributed by atoms with Crippen LogP contribution in [0.3, 0.4) is 0 Å². The van der Waals surface area contributed by atoms with Crippen molar-refractivity contribution in [2.24, 2.45) is 17.4 Å². The molecule has 2 atom stereocenters. The van der Waals surface area contributed by atoms with Crippen LogP contribution in [0.2, 0.25) is 0 Å². The lowest BCUT2D eigenvalue weighted by Gasteiger charge is -2.07. The Morgan fingerprint density at radius 3 is 1.59 bits per heavy atom. The molecule has 0 fully saturated rings. The fourth-order valence-corrected chi connectivity index (χ4v) is 1.04. The van der Waals surface area contributed by atoms with Crippen LogP contribution >= 0.6 is 0 Å². The molecule has 0 heterocycles. The third-order valence-electron chi connectivity index (χ3n) is 1.96. The molecule has 0 bridgehead atoms. The van der Waals surface area contributed by atoms with Gasteiger partial charge >= 0.3 is 11.9 Å². The number of carbonyl (C=O) groups is 2. The number of carboxylic acids is 2. The molecule has 0 saturated heterocycles. The van der Waals surface area contributed by atoms with Crippen LogP contribution in [-0.2, 0) is 9.59 Å². The van der Waals surface area contributed by atoms with Gasteiger partial charge in [0, 0.05) is 0 Å². The van der Waals surface area contributed by atoms with E-state index >= 15 is 0 Å². The van der Waals surface area contributed by atoms with Crippen LogP contribution in [0.15, 0.2) is 0 Å². The molecule has 17 heavy (non-hydrogen) atoms. The van der Waals surface area contributed by atoms with E-state index in [1.165, 1.54) is 0 Å². The van der Waals surface area contributed by atoms with Gasteiger partial charge in [-0.05, 0) is 18.8 Å². The largest absolute Gasteiger partial charge is 0.480 e. The molecule has 0 aliphatic heterocycles. The molecular weight excluding hydrogens is 224 g/mol. The van der Waals surface area contributed by atoms with Crippen LogP contribution in [0.25, 0.3) is 0 Å². The fraction of sp³-hybridized carbons (Fsp3) is 0.818. The van der Waals surface area contributed by atoms with Crippen LogP contribution in [0.1, 0.15) is 40.0 Å². The number of aliphatic carboxylic acids is 2. The second-order valence-corrected chi connectivity index (χ2v) is 4.31. The maximum Gasteiger partial charge on any atom is 0.320 e. The summed E-state index contributed by atoms with van der Waals surface area (Å²) in [5.41, 5.74) is 10.3. The van der Waals surface area contributed by atoms with E-state index in [1.54, 1.807) is 0 Å². The highest BCUT2D eigenvalue weighted by Crippen LogP contribution is 2.01. The van der Waals surface area contributed by atoms with E-state index in [1.807, 2.05) is 20.8 Å². The molecule has 0 radical (unpaired) electrons. The molecule has 0 rings (SSSR count). The van der Waals surface area contributed by atoms with Gasteiger partial charge in [-0.1, -0.05) is 27.2 Å². The number of hydrogen-bond donors (Lipinski definition) is 4. The van der Waals surface area contributed by atoms with E-state index < -0.39 is 24.0 Å². The van der Waals surface area contributed by atoms with E-state index in [2.05, 4.69) is 0 Å². The zero-order valence-corrected chi connectivity index (χ0v) is 10.7. The summed E-state index contributed by atoms with van der Waals surface area (Å²) in [5, 5.41) is 16.5. The predicted molar refractivity (Wildman–Crippen MR) is 65.6 cm³/mol. The van der Waals surface area contributed by atoms with E-state index in [0.717, 1.165) is 6.42 Å². The average molecular weight is 248 g/mol. The van der Waals surface area contributed by atoms with Gasteiger partial charge in [0.25, 0.3) is 0 Å². The summed E-state index contributed by atoms with van der Waals surface area (Å²) in [6.07, 6.45) is 1.94. The lowest BCUT2D eigenvalue weighted by atomic mass is 10.1. The van der Waals surface area contributed by atoms with Gasteiger partial charge in [0.05, 0.1) is 0 Å². The molecule has 0 aromatic rings. The Balaban J connectivity index is 0. The summed E-state index contributed by atoms with van der Waals surface area (Å²) in [6, 6.07) is -1.36. The molecular formula is C11H24N2O4. The molecule has 6 N–H and O–H groups in total. The van der Waals surface area contributed by atoms with Crippen molar-refractivity contribution in [2.75, 3.05) is 0 Å². The number of carboxylic acid groups (broad SMARTS) is 2. The minimum atomic E-state index is -0.913. The highest BCUT2D eigenvalue weighted by Gasteiger charge is 2.11. The van der Waals surface area contributed by atoms with E-state index in [-0.39, 0.29) is 0 Å². The molecule has 2 unspecified atom stereocenters. The highest BCUT2D eigenvalue weighted by molar-refractivity contribution is 5.73. The minimum absolute atomic E-state index is 0.357. The van der Waals surface area contributed by atoms with Crippen molar-refractivity contribution >= 4 is 11.9 Å². The first kappa shape index (κ1) is 18.2. The Morgan fingerprint density at radius 1 is 1.06 bits per heavy atom.